The molecular weight excluding hydrogens is 526 g/mol. The number of aromatic hydroxyl groups is 2. The minimum Gasteiger partial charge on any atom is -0.508 e. The van der Waals surface area contributed by atoms with Crippen molar-refractivity contribution in [2.45, 2.75) is 51.0 Å². The zero-order valence-corrected chi connectivity index (χ0v) is 22.4. The average Bonchev–Trinajstić information content (AvgIpc) is 2.94. The summed E-state index contributed by atoms with van der Waals surface area (Å²) in [7, 11) is 1.26. The third kappa shape index (κ3) is 6.78. The van der Waals surface area contributed by atoms with Crippen LogP contribution in [-0.2, 0) is 9.47 Å². The number of phenols is 1. The number of rotatable bonds is 11. The number of phenolic OH excluding ortho intramolecular Hbond substituents is 1. The summed E-state index contributed by atoms with van der Waals surface area (Å²) in [6.07, 6.45) is -1.05. The number of methoxy groups -OCH3 is 1. The predicted molar refractivity (Wildman–Crippen MR) is 143 cm³/mol. The second-order valence-corrected chi connectivity index (χ2v) is 9.42. The maximum absolute atomic E-state index is 13.4. The monoisotopic (exact) mass is 561 g/mol. The van der Waals surface area contributed by atoms with Crippen LogP contribution < -0.4 is 10.4 Å². The van der Waals surface area contributed by atoms with Gasteiger partial charge in [0.15, 0.2) is 5.78 Å². The van der Waals surface area contributed by atoms with Crippen LogP contribution in [0.4, 0.5) is 0 Å². The Morgan fingerprint density at radius 1 is 1.12 bits per heavy atom. The summed E-state index contributed by atoms with van der Waals surface area (Å²) >= 11 is 0. The molecule has 1 aliphatic rings. The fraction of sp³-hybridized carbons (Fsp3) is 0.429. The average molecular weight is 562 g/mol. The first kappa shape index (κ1) is 31.0. The molecule has 0 aliphatic carbocycles. The number of pyridine rings is 1. The van der Waals surface area contributed by atoms with Gasteiger partial charge in [0, 0.05) is 25.2 Å². The number of nitrogens with zero attached hydrogens (tertiary/aromatic N) is 1. The molecule has 0 amide bonds. The summed E-state index contributed by atoms with van der Waals surface area (Å²) in [5.74, 6) is -1.68. The molecule has 1 aromatic heterocycles. The fourth-order valence-electron chi connectivity index (χ4n) is 4.30. The van der Waals surface area contributed by atoms with Crippen LogP contribution >= 0.6 is 0 Å². The lowest BCUT2D eigenvalue weighted by molar-refractivity contribution is -0.304. The molecule has 6 N–H and O–H groups in total. The highest BCUT2D eigenvalue weighted by atomic mass is 16.8. The van der Waals surface area contributed by atoms with E-state index < -0.39 is 60.0 Å². The molecule has 1 aliphatic heterocycles. The Hall–Kier alpha value is -3.52. The molecule has 0 radical (unpaired) electrons. The molecule has 0 spiro atoms. The second-order valence-electron chi connectivity index (χ2n) is 9.42. The SMILES string of the molecule is CCC(C=C(C)C=CC(=O)c1c(O)c(-c2ccc(O)cc2)cn(OC2OC(CO)C(OC)C(O)C2O)c1=O)CO. The summed E-state index contributed by atoms with van der Waals surface area (Å²) in [5, 5.41) is 60.7. The number of aliphatic hydroxyl groups is 4. The van der Waals surface area contributed by atoms with E-state index in [-0.39, 0.29) is 23.8 Å². The highest BCUT2D eigenvalue weighted by molar-refractivity contribution is 6.07. The van der Waals surface area contributed by atoms with Crippen molar-refractivity contribution in [2.24, 2.45) is 5.92 Å². The highest BCUT2D eigenvalue weighted by Crippen LogP contribution is 2.32. The number of ether oxygens (including phenoxy) is 2. The van der Waals surface area contributed by atoms with Gasteiger partial charge in [-0.3, -0.25) is 9.59 Å². The fourth-order valence-corrected chi connectivity index (χ4v) is 4.30. The van der Waals surface area contributed by atoms with Gasteiger partial charge in [-0.2, -0.15) is 0 Å². The molecule has 3 rings (SSSR count). The molecule has 1 saturated heterocycles. The Morgan fingerprint density at radius 3 is 2.38 bits per heavy atom. The van der Waals surface area contributed by atoms with Crippen LogP contribution in [0.3, 0.4) is 0 Å². The first-order chi connectivity index (χ1) is 19.1. The number of benzene rings is 1. The molecular formula is C28H35NO11. The molecule has 2 heterocycles. The first-order valence-electron chi connectivity index (χ1n) is 12.7. The van der Waals surface area contributed by atoms with E-state index in [0.717, 1.165) is 12.3 Å². The van der Waals surface area contributed by atoms with E-state index in [0.29, 0.717) is 22.3 Å². The second kappa shape index (κ2) is 13.7. The molecule has 6 atom stereocenters. The van der Waals surface area contributed by atoms with Crippen LogP contribution in [0.25, 0.3) is 11.1 Å². The first-order valence-corrected chi connectivity index (χ1v) is 12.7. The van der Waals surface area contributed by atoms with Crippen LogP contribution in [0.15, 0.2) is 59.1 Å². The van der Waals surface area contributed by atoms with Crippen molar-refractivity contribution < 1.29 is 49.7 Å². The van der Waals surface area contributed by atoms with E-state index in [1.807, 2.05) is 6.92 Å². The molecule has 12 nitrogen and oxygen atoms in total. The van der Waals surface area contributed by atoms with E-state index in [1.165, 1.54) is 37.5 Å². The van der Waals surface area contributed by atoms with Crippen molar-refractivity contribution >= 4 is 5.78 Å². The summed E-state index contributed by atoms with van der Waals surface area (Å²) in [4.78, 5) is 32.1. The molecule has 12 heteroatoms. The van der Waals surface area contributed by atoms with E-state index in [1.54, 1.807) is 13.0 Å². The molecule has 6 unspecified atom stereocenters. The predicted octanol–water partition coefficient (Wildman–Crippen LogP) is 0.513. The Bertz CT molecular complexity index is 1280. The van der Waals surface area contributed by atoms with Crippen LogP contribution in [0.5, 0.6) is 11.5 Å². The van der Waals surface area contributed by atoms with Crippen molar-refractivity contribution in [3.05, 3.63) is 70.2 Å². The van der Waals surface area contributed by atoms with E-state index in [9.17, 15) is 40.2 Å². The smallest absolute Gasteiger partial charge is 0.298 e. The van der Waals surface area contributed by atoms with Gasteiger partial charge in [0.05, 0.1) is 12.8 Å². The number of carbonyl (C=O) groups is 1. The highest BCUT2D eigenvalue weighted by Gasteiger charge is 2.46. The summed E-state index contributed by atoms with van der Waals surface area (Å²) in [5.41, 5.74) is -0.793. The van der Waals surface area contributed by atoms with E-state index in [2.05, 4.69) is 0 Å². The van der Waals surface area contributed by atoms with Gasteiger partial charge in [-0.05, 0) is 37.1 Å². The van der Waals surface area contributed by atoms with Gasteiger partial charge in [0.1, 0.15) is 41.5 Å². The molecule has 2 aromatic rings. The Balaban J connectivity index is 2.08. The minimum absolute atomic E-state index is 0.0192. The minimum atomic E-state index is -1.71. The molecule has 1 fully saturated rings. The third-order valence-electron chi connectivity index (χ3n) is 6.64. The van der Waals surface area contributed by atoms with Gasteiger partial charge in [-0.1, -0.05) is 36.8 Å². The lowest BCUT2D eigenvalue weighted by Crippen LogP contribution is -2.62. The van der Waals surface area contributed by atoms with Gasteiger partial charge in [-0.15, -0.1) is 4.73 Å². The normalized spacial score (nSPS) is 24.3. The van der Waals surface area contributed by atoms with Gasteiger partial charge in [0.25, 0.3) is 11.8 Å². The van der Waals surface area contributed by atoms with Crippen LogP contribution in [-0.4, -0.2) is 92.2 Å². The van der Waals surface area contributed by atoms with Crippen molar-refractivity contribution in [1.29, 1.82) is 0 Å². The number of aromatic nitrogens is 1. The maximum atomic E-state index is 13.4. The number of hydrogen-bond acceptors (Lipinski definition) is 11. The Labute approximate surface area is 230 Å². The maximum Gasteiger partial charge on any atom is 0.298 e. The number of ketones is 1. The van der Waals surface area contributed by atoms with Crippen molar-refractivity contribution in [2.75, 3.05) is 20.3 Å². The number of aliphatic hydroxyl groups excluding tert-OH is 4. The lowest BCUT2D eigenvalue weighted by atomic mass is 9.99. The van der Waals surface area contributed by atoms with Crippen LogP contribution in [0, 0.1) is 5.92 Å². The molecule has 0 saturated carbocycles. The van der Waals surface area contributed by atoms with Gasteiger partial charge in [-0.25, -0.2) is 0 Å². The lowest BCUT2D eigenvalue weighted by Gasteiger charge is -2.40. The quantitative estimate of drug-likeness (QED) is 0.127. The zero-order chi connectivity index (χ0) is 29.6. The molecule has 40 heavy (non-hydrogen) atoms. The van der Waals surface area contributed by atoms with Crippen molar-refractivity contribution in [1.82, 2.24) is 4.73 Å². The third-order valence-corrected chi connectivity index (χ3v) is 6.64. The van der Waals surface area contributed by atoms with Crippen molar-refractivity contribution in [3.63, 3.8) is 0 Å². The van der Waals surface area contributed by atoms with Gasteiger partial charge >= 0.3 is 0 Å². The Kier molecular flexibility index (Phi) is 10.6. The number of hydrogen-bond donors (Lipinski definition) is 6. The molecule has 218 valence electrons. The van der Waals surface area contributed by atoms with E-state index >= 15 is 0 Å². The van der Waals surface area contributed by atoms with Crippen LogP contribution in [0.2, 0.25) is 0 Å². The largest absolute Gasteiger partial charge is 0.508 e. The summed E-state index contributed by atoms with van der Waals surface area (Å²) < 4.78 is 11.2. The number of allylic oxidation sites excluding steroid dienone is 3. The summed E-state index contributed by atoms with van der Waals surface area (Å²) in [6, 6.07) is 5.56. The standard InChI is InChI=1S/C28H35NO11/c1-4-16(13-30)11-15(2)5-10-20(33)22-23(34)19(17-6-8-18(32)9-7-17)12-29(27(22)37)40-28-25(36)24(35)26(38-3)21(14-31)39-28/h5-12,16,21,24-26,28,30-32,34-36H,4,13-14H2,1-3H3. The van der Waals surface area contributed by atoms with Gasteiger partial charge < -0.3 is 45.0 Å². The van der Waals surface area contributed by atoms with Crippen LogP contribution in [0.1, 0.15) is 30.6 Å². The topological polar surface area (TPSA) is 188 Å². The molecule has 0 bridgehead atoms. The van der Waals surface area contributed by atoms with E-state index in [4.69, 9.17) is 14.3 Å². The van der Waals surface area contributed by atoms with Gasteiger partial charge in [0.2, 0.25) is 0 Å². The summed E-state index contributed by atoms with van der Waals surface area (Å²) in [6.45, 7) is 2.95. The van der Waals surface area contributed by atoms with Crippen molar-refractivity contribution in [3.8, 4) is 22.6 Å². The Morgan fingerprint density at radius 2 is 1.80 bits per heavy atom. The molecule has 1 aromatic carbocycles. The zero-order valence-electron chi connectivity index (χ0n) is 22.4. The number of carbonyl (C=O) groups excluding carboxylic acids is 1.